The summed E-state index contributed by atoms with van der Waals surface area (Å²) in [5.74, 6) is 0.0932. The van der Waals surface area contributed by atoms with E-state index in [4.69, 9.17) is 0 Å². The molecule has 0 aliphatic rings. The highest BCUT2D eigenvalue weighted by atomic mass is 16.3. The second-order valence-electron chi connectivity index (χ2n) is 3.55. The molecule has 5 nitrogen and oxygen atoms in total. The SMILES string of the molecule is Cc1cnc(NC(=O)c2cccc(O)c2)cn1. The maximum Gasteiger partial charge on any atom is 0.256 e. The van der Waals surface area contributed by atoms with Crippen LogP contribution in [0.25, 0.3) is 0 Å². The number of phenolic OH excluding ortho intramolecular Hbond substituents is 1. The standard InChI is InChI=1S/C12H11N3O2/c1-8-6-14-11(7-13-8)15-12(17)9-3-2-4-10(16)5-9/h2-7,16H,1H3,(H,14,15,17). The summed E-state index contributed by atoms with van der Waals surface area (Å²) in [6.45, 7) is 1.81. The monoisotopic (exact) mass is 229 g/mol. The van der Waals surface area contributed by atoms with Crippen LogP contribution in [0.3, 0.4) is 0 Å². The lowest BCUT2D eigenvalue weighted by Gasteiger charge is -2.04. The average molecular weight is 229 g/mol. The number of rotatable bonds is 2. The fourth-order valence-electron chi connectivity index (χ4n) is 1.29. The summed E-state index contributed by atoms with van der Waals surface area (Å²) in [5, 5.41) is 11.8. The number of aromatic hydroxyl groups is 1. The summed E-state index contributed by atoms with van der Waals surface area (Å²) in [5.41, 5.74) is 1.15. The Kier molecular flexibility index (Phi) is 3.00. The lowest BCUT2D eigenvalue weighted by Crippen LogP contribution is -2.13. The van der Waals surface area contributed by atoms with E-state index in [1.807, 2.05) is 6.92 Å². The lowest BCUT2D eigenvalue weighted by atomic mass is 10.2. The molecule has 0 fully saturated rings. The molecule has 86 valence electrons. The van der Waals surface area contributed by atoms with Crippen molar-refractivity contribution in [1.29, 1.82) is 0 Å². The molecule has 1 aromatic carbocycles. The molecule has 1 heterocycles. The van der Waals surface area contributed by atoms with Gasteiger partial charge in [0, 0.05) is 5.56 Å². The molecule has 0 spiro atoms. The van der Waals surface area contributed by atoms with Crippen LogP contribution in [0.2, 0.25) is 0 Å². The van der Waals surface area contributed by atoms with Gasteiger partial charge in [-0.15, -0.1) is 0 Å². The number of nitrogens with zero attached hydrogens (tertiary/aromatic N) is 2. The molecular formula is C12H11N3O2. The van der Waals surface area contributed by atoms with Gasteiger partial charge in [0.05, 0.1) is 18.1 Å². The molecule has 0 radical (unpaired) electrons. The number of nitrogens with one attached hydrogen (secondary N) is 1. The van der Waals surface area contributed by atoms with E-state index in [2.05, 4.69) is 15.3 Å². The molecule has 5 heteroatoms. The summed E-state index contributed by atoms with van der Waals surface area (Å²) in [7, 11) is 0. The smallest absolute Gasteiger partial charge is 0.256 e. The van der Waals surface area contributed by atoms with Crippen molar-refractivity contribution < 1.29 is 9.90 Å². The van der Waals surface area contributed by atoms with Crippen molar-refractivity contribution in [1.82, 2.24) is 9.97 Å². The van der Waals surface area contributed by atoms with Crippen molar-refractivity contribution in [2.24, 2.45) is 0 Å². The van der Waals surface area contributed by atoms with E-state index in [1.165, 1.54) is 18.3 Å². The Morgan fingerprint density at radius 1 is 1.29 bits per heavy atom. The molecular weight excluding hydrogens is 218 g/mol. The Labute approximate surface area is 98.2 Å². The zero-order valence-corrected chi connectivity index (χ0v) is 9.21. The van der Waals surface area contributed by atoms with Crippen molar-refractivity contribution in [2.75, 3.05) is 5.32 Å². The highest BCUT2D eigenvalue weighted by molar-refractivity contribution is 6.03. The third kappa shape index (κ3) is 2.78. The van der Waals surface area contributed by atoms with E-state index in [9.17, 15) is 9.90 Å². The summed E-state index contributed by atoms with van der Waals surface area (Å²) in [4.78, 5) is 19.8. The molecule has 2 N–H and O–H groups in total. The van der Waals surface area contributed by atoms with Crippen molar-refractivity contribution in [3.8, 4) is 5.75 Å². The van der Waals surface area contributed by atoms with Crippen LogP contribution in [0.15, 0.2) is 36.7 Å². The molecule has 0 aliphatic heterocycles. The van der Waals surface area contributed by atoms with Crippen molar-refractivity contribution in [2.45, 2.75) is 6.92 Å². The van der Waals surface area contributed by atoms with E-state index in [0.29, 0.717) is 11.4 Å². The minimum atomic E-state index is -0.334. The predicted octanol–water partition coefficient (Wildman–Crippen LogP) is 1.74. The largest absolute Gasteiger partial charge is 0.508 e. The first-order chi connectivity index (χ1) is 8.15. The highest BCUT2D eigenvalue weighted by Crippen LogP contribution is 2.12. The molecule has 0 aliphatic carbocycles. The molecule has 1 amide bonds. The van der Waals surface area contributed by atoms with Crippen LogP contribution in [0, 0.1) is 6.92 Å². The van der Waals surface area contributed by atoms with Gasteiger partial charge in [-0.2, -0.15) is 0 Å². The predicted molar refractivity (Wildman–Crippen MR) is 62.8 cm³/mol. The van der Waals surface area contributed by atoms with Crippen molar-refractivity contribution in [3.05, 3.63) is 47.9 Å². The van der Waals surface area contributed by atoms with Crippen molar-refractivity contribution >= 4 is 11.7 Å². The van der Waals surface area contributed by atoms with Gasteiger partial charge in [0.1, 0.15) is 5.75 Å². The van der Waals surface area contributed by atoms with E-state index < -0.39 is 0 Å². The second-order valence-corrected chi connectivity index (χ2v) is 3.55. The fourth-order valence-corrected chi connectivity index (χ4v) is 1.29. The van der Waals surface area contributed by atoms with Gasteiger partial charge in [0.25, 0.3) is 5.91 Å². The Morgan fingerprint density at radius 2 is 2.12 bits per heavy atom. The number of carbonyl (C=O) groups is 1. The van der Waals surface area contributed by atoms with Crippen LogP contribution in [0.5, 0.6) is 5.75 Å². The molecule has 0 unspecified atom stereocenters. The number of hydrogen-bond donors (Lipinski definition) is 2. The van der Waals surface area contributed by atoms with Gasteiger partial charge in [-0.1, -0.05) is 6.07 Å². The Hall–Kier alpha value is -2.43. The summed E-state index contributed by atoms with van der Waals surface area (Å²) < 4.78 is 0. The number of aryl methyl sites for hydroxylation is 1. The number of benzene rings is 1. The van der Waals surface area contributed by atoms with Crippen LogP contribution in [0.4, 0.5) is 5.82 Å². The van der Waals surface area contributed by atoms with Gasteiger partial charge in [0.2, 0.25) is 0 Å². The number of aromatic nitrogens is 2. The molecule has 0 saturated heterocycles. The number of hydrogen-bond acceptors (Lipinski definition) is 4. The van der Waals surface area contributed by atoms with Gasteiger partial charge >= 0.3 is 0 Å². The molecule has 0 bridgehead atoms. The maximum atomic E-state index is 11.8. The average Bonchev–Trinajstić information content (AvgIpc) is 2.32. The van der Waals surface area contributed by atoms with E-state index >= 15 is 0 Å². The normalized spacial score (nSPS) is 9.94. The zero-order valence-electron chi connectivity index (χ0n) is 9.21. The Balaban J connectivity index is 2.14. The van der Waals surface area contributed by atoms with Gasteiger partial charge in [-0.05, 0) is 25.1 Å². The van der Waals surface area contributed by atoms with Gasteiger partial charge in [0.15, 0.2) is 5.82 Å². The number of carbonyl (C=O) groups excluding carboxylic acids is 1. The lowest BCUT2D eigenvalue weighted by molar-refractivity contribution is 0.102. The van der Waals surface area contributed by atoms with E-state index in [1.54, 1.807) is 18.3 Å². The van der Waals surface area contributed by atoms with E-state index in [-0.39, 0.29) is 11.7 Å². The summed E-state index contributed by atoms with van der Waals surface area (Å²) >= 11 is 0. The first kappa shape index (κ1) is 11.1. The van der Waals surface area contributed by atoms with Gasteiger partial charge in [-0.3, -0.25) is 9.78 Å². The molecule has 2 aromatic rings. The third-order valence-electron chi connectivity index (χ3n) is 2.13. The highest BCUT2D eigenvalue weighted by Gasteiger charge is 2.07. The number of amides is 1. The van der Waals surface area contributed by atoms with Gasteiger partial charge in [-0.25, -0.2) is 4.98 Å². The molecule has 17 heavy (non-hydrogen) atoms. The van der Waals surface area contributed by atoms with Crippen LogP contribution < -0.4 is 5.32 Å². The Bertz CT molecular complexity index is 538. The van der Waals surface area contributed by atoms with Crippen LogP contribution in [-0.2, 0) is 0 Å². The fraction of sp³-hybridized carbons (Fsp3) is 0.0833. The second kappa shape index (κ2) is 4.61. The molecule has 0 atom stereocenters. The Morgan fingerprint density at radius 3 is 2.76 bits per heavy atom. The quantitative estimate of drug-likeness (QED) is 0.822. The zero-order chi connectivity index (χ0) is 12.3. The van der Waals surface area contributed by atoms with Crippen molar-refractivity contribution in [3.63, 3.8) is 0 Å². The number of phenols is 1. The number of anilines is 1. The minimum Gasteiger partial charge on any atom is -0.508 e. The van der Waals surface area contributed by atoms with E-state index in [0.717, 1.165) is 5.69 Å². The van der Waals surface area contributed by atoms with Crippen LogP contribution >= 0.6 is 0 Å². The first-order valence-electron chi connectivity index (χ1n) is 5.04. The topological polar surface area (TPSA) is 75.1 Å². The first-order valence-corrected chi connectivity index (χ1v) is 5.04. The summed E-state index contributed by atoms with van der Waals surface area (Å²) in [6, 6.07) is 6.10. The molecule has 2 rings (SSSR count). The minimum absolute atomic E-state index is 0.0487. The van der Waals surface area contributed by atoms with Crippen LogP contribution in [-0.4, -0.2) is 21.0 Å². The summed E-state index contributed by atoms with van der Waals surface area (Å²) in [6.07, 6.45) is 3.05. The van der Waals surface area contributed by atoms with Gasteiger partial charge < -0.3 is 10.4 Å². The third-order valence-corrected chi connectivity index (χ3v) is 2.13. The molecule has 0 saturated carbocycles. The molecule has 1 aromatic heterocycles. The maximum absolute atomic E-state index is 11.8. The van der Waals surface area contributed by atoms with Crippen LogP contribution in [0.1, 0.15) is 16.1 Å².